The zero-order chi connectivity index (χ0) is 14.5. The molecule has 0 aromatic carbocycles. The minimum Gasteiger partial charge on any atom is -0.490 e. The Labute approximate surface area is 123 Å². The molecule has 3 rings (SSSR count). The molecule has 0 N–H and O–H groups in total. The van der Waals surface area contributed by atoms with Crippen LogP contribution in [0.1, 0.15) is 6.42 Å². The van der Waals surface area contributed by atoms with Crippen molar-refractivity contribution in [1.82, 2.24) is 15.0 Å². The monoisotopic (exact) mass is 286 g/mol. The first kappa shape index (κ1) is 13.8. The molecule has 0 aliphatic carbocycles. The van der Waals surface area contributed by atoms with Crippen LogP contribution in [0.2, 0.25) is 0 Å². The van der Waals surface area contributed by atoms with Crippen LogP contribution in [0.25, 0.3) is 0 Å². The lowest BCUT2D eigenvalue weighted by Gasteiger charge is -2.24. The van der Waals surface area contributed by atoms with E-state index >= 15 is 0 Å². The van der Waals surface area contributed by atoms with Gasteiger partial charge in [-0.1, -0.05) is 0 Å². The van der Waals surface area contributed by atoms with Crippen LogP contribution in [0, 0.1) is 0 Å². The molecule has 6 nitrogen and oxygen atoms in total. The van der Waals surface area contributed by atoms with Crippen molar-refractivity contribution < 1.29 is 9.47 Å². The summed E-state index contributed by atoms with van der Waals surface area (Å²) in [5.41, 5.74) is 0. The zero-order valence-electron chi connectivity index (χ0n) is 11.9. The second-order valence-corrected chi connectivity index (χ2v) is 4.95. The van der Waals surface area contributed by atoms with Gasteiger partial charge in [0.15, 0.2) is 0 Å². The maximum atomic E-state index is 5.82. The fraction of sp³-hybridized carbons (Fsp3) is 0.400. The number of ether oxygens (including phenoxy) is 2. The Bertz CT molecular complexity index is 552. The standard InChI is InChI=1S/C15H18N4O2/c1-20-14-8-12(11-21-13-4-2-5-16-9-13)19(10-14)15-17-6-3-7-18-15/h2-7,9,12,14H,8,10-11H2,1H3/t12-,14+/m0/s1. The second kappa shape index (κ2) is 6.49. The Morgan fingerprint density at radius 1 is 1.24 bits per heavy atom. The lowest BCUT2D eigenvalue weighted by molar-refractivity contribution is 0.115. The maximum absolute atomic E-state index is 5.82. The van der Waals surface area contributed by atoms with Gasteiger partial charge in [0.2, 0.25) is 5.95 Å². The number of aromatic nitrogens is 3. The lowest BCUT2D eigenvalue weighted by atomic mass is 10.2. The van der Waals surface area contributed by atoms with Crippen molar-refractivity contribution >= 4 is 5.95 Å². The van der Waals surface area contributed by atoms with Gasteiger partial charge in [0.05, 0.1) is 18.3 Å². The minimum absolute atomic E-state index is 0.177. The maximum Gasteiger partial charge on any atom is 0.225 e. The predicted molar refractivity (Wildman–Crippen MR) is 78.3 cm³/mol. The van der Waals surface area contributed by atoms with Gasteiger partial charge in [0, 0.05) is 32.2 Å². The van der Waals surface area contributed by atoms with Gasteiger partial charge in [-0.15, -0.1) is 0 Å². The molecular weight excluding hydrogens is 268 g/mol. The summed E-state index contributed by atoms with van der Waals surface area (Å²) in [7, 11) is 1.74. The average molecular weight is 286 g/mol. The van der Waals surface area contributed by atoms with Crippen molar-refractivity contribution in [3.8, 4) is 5.75 Å². The molecule has 0 amide bonds. The van der Waals surface area contributed by atoms with E-state index < -0.39 is 0 Å². The molecule has 1 fully saturated rings. The highest BCUT2D eigenvalue weighted by molar-refractivity contribution is 5.33. The first-order valence-electron chi connectivity index (χ1n) is 6.96. The number of pyridine rings is 1. The van der Waals surface area contributed by atoms with E-state index in [0.29, 0.717) is 6.61 Å². The number of rotatable bonds is 5. The molecule has 21 heavy (non-hydrogen) atoms. The van der Waals surface area contributed by atoms with Gasteiger partial charge in [-0.3, -0.25) is 4.98 Å². The third-order valence-corrected chi connectivity index (χ3v) is 3.60. The Balaban J connectivity index is 1.69. The zero-order valence-corrected chi connectivity index (χ0v) is 11.9. The SMILES string of the molecule is CO[C@@H]1C[C@@H](COc2cccnc2)N(c2ncccn2)C1. The van der Waals surface area contributed by atoms with Crippen molar-refractivity contribution in [3.63, 3.8) is 0 Å². The molecule has 1 saturated heterocycles. The number of nitrogens with zero attached hydrogens (tertiary/aromatic N) is 4. The Morgan fingerprint density at radius 2 is 2.10 bits per heavy atom. The fourth-order valence-corrected chi connectivity index (χ4v) is 2.51. The van der Waals surface area contributed by atoms with E-state index in [1.807, 2.05) is 18.2 Å². The van der Waals surface area contributed by atoms with Crippen molar-refractivity contribution in [2.24, 2.45) is 0 Å². The minimum atomic E-state index is 0.177. The van der Waals surface area contributed by atoms with E-state index in [4.69, 9.17) is 9.47 Å². The summed E-state index contributed by atoms with van der Waals surface area (Å²) >= 11 is 0. The molecule has 1 aliphatic rings. The van der Waals surface area contributed by atoms with Crippen LogP contribution in [0.4, 0.5) is 5.95 Å². The van der Waals surface area contributed by atoms with Gasteiger partial charge in [-0.2, -0.15) is 0 Å². The van der Waals surface area contributed by atoms with Gasteiger partial charge in [-0.25, -0.2) is 9.97 Å². The van der Waals surface area contributed by atoms with Gasteiger partial charge in [-0.05, 0) is 24.6 Å². The molecule has 110 valence electrons. The highest BCUT2D eigenvalue weighted by atomic mass is 16.5. The number of hydrogen-bond donors (Lipinski definition) is 0. The van der Waals surface area contributed by atoms with Gasteiger partial charge in [0.1, 0.15) is 12.4 Å². The van der Waals surface area contributed by atoms with E-state index in [9.17, 15) is 0 Å². The highest BCUT2D eigenvalue weighted by Gasteiger charge is 2.34. The molecule has 2 atom stereocenters. The summed E-state index contributed by atoms with van der Waals surface area (Å²) < 4.78 is 11.3. The molecule has 2 aromatic heterocycles. The van der Waals surface area contributed by atoms with Crippen LogP contribution < -0.4 is 9.64 Å². The summed E-state index contributed by atoms with van der Waals surface area (Å²) in [5, 5.41) is 0. The second-order valence-electron chi connectivity index (χ2n) is 4.95. The molecular formula is C15H18N4O2. The van der Waals surface area contributed by atoms with Crippen molar-refractivity contribution in [2.75, 3.05) is 25.2 Å². The van der Waals surface area contributed by atoms with E-state index in [1.165, 1.54) is 0 Å². The van der Waals surface area contributed by atoms with Gasteiger partial charge in [0.25, 0.3) is 0 Å². The summed E-state index contributed by atoms with van der Waals surface area (Å²) in [6.07, 6.45) is 8.02. The molecule has 0 saturated carbocycles. The molecule has 2 aromatic rings. The van der Waals surface area contributed by atoms with Gasteiger partial charge >= 0.3 is 0 Å². The number of methoxy groups -OCH3 is 1. The van der Waals surface area contributed by atoms with Crippen LogP contribution in [0.5, 0.6) is 5.75 Å². The van der Waals surface area contributed by atoms with Crippen LogP contribution in [0.15, 0.2) is 43.0 Å². The number of anilines is 1. The third-order valence-electron chi connectivity index (χ3n) is 3.60. The molecule has 0 radical (unpaired) electrons. The Kier molecular flexibility index (Phi) is 4.25. The van der Waals surface area contributed by atoms with Crippen molar-refractivity contribution in [3.05, 3.63) is 43.0 Å². The Morgan fingerprint density at radius 3 is 2.81 bits per heavy atom. The van der Waals surface area contributed by atoms with E-state index in [1.54, 1.807) is 31.9 Å². The molecule has 1 aliphatic heterocycles. The number of hydrogen-bond acceptors (Lipinski definition) is 6. The topological polar surface area (TPSA) is 60.4 Å². The van der Waals surface area contributed by atoms with Crippen molar-refractivity contribution in [1.29, 1.82) is 0 Å². The third kappa shape index (κ3) is 3.28. The first-order valence-corrected chi connectivity index (χ1v) is 6.96. The van der Waals surface area contributed by atoms with Crippen LogP contribution in [-0.4, -0.2) is 47.4 Å². The highest BCUT2D eigenvalue weighted by Crippen LogP contribution is 2.24. The summed E-state index contributed by atoms with van der Waals surface area (Å²) in [6, 6.07) is 5.77. The van der Waals surface area contributed by atoms with Crippen LogP contribution >= 0.6 is 0 Å². The molecule has 6 heteroatoms. The quantitative estimate of drug-likeness (QED) is 0.831. The van der Waals surface area contributed by atoms with Gasteiger partial charge < -0.3 is 14.4 Å². The average Bonchev–Trinajstić information content (AvgIpc) is 2.98. The summed E-state index contributed by atoms with van der Waals surface area (Å²) in [5.74, 6) is 1.49. The molecule has 0 unspecified atom stereocenters. The lowest BCUT2D eigenvalue weighted by Crippen LogP contribution is -2.35. The van der Waals surface area contributed by atoms with Crippen LogP contribution in [-0.2, 0) is 4.74 Å². The summed E-state index contributed by atoms with van der Waals surface area (Å²) in [4.78, 5) is 14.8. The normalized spacial score (nSPS) is 21.5. The smallest absolute Gasteiger partial charge is 0.225 e. The first-order chi connectivity index (χ1) is 10.4. The van der Waals surface area contributed by atoms with E-state index in [2.05, 4.69) is 19.9 Å². The largest absolute Gasteiger partial charge is 0.490 e. The van der Waals surface area contributed by atoms with E-state index in [-0.39, 0.29) is 12.1 Å². The fourth-order valence-electron chi connectivity index (χ4n) is 2.51. The molecule has 3 heterocycles. The van der Waals surface area contributed by atoms with Crippen LogP contribution in [0.3, 0.4) is 0 Å². The molecule has 0 bridgehead atoms. The van der Waals surface area contributed by atoms with E-state index in [0.717, 1.165) is 24.7 Å². The molecule has 0 spiro atoms. The predicted octanol–water partition coefficient (Wildman–Crippen LogP) is 1.54. The Hall–Kier alpha value is -2.21. The summed E-state index contributed by atoms with van der Waals surface area (Å²) in [6.45, 7) is 1.34. The van der Waals surface area contributed by atoms with Crippen molar-refractivity contribution in [2.45, 2.75) is 18.6 Å².